The van der Waals surface area contributed by atoms with Crippen molar-refractivity contribution in [1.82, 2.24) is 15.5 Å². The van der Waals surface area contributed by atoms with E-state index in [4.69, 9.17) is 0 Å². The van der Waals surface area contributed by atoms with Gasteiger partial charge in [0.1, 0.15) is 6.54 Å². The number of guanidine groups is 1. The van der Waals surface area contributed by atoms with E-state index in [0.29, 0.717) is 12.0 Å². The van der Waals surface area contributed by atoms with Crippen LogP contribution < -0.4 is 10.6 Å². The molecular formula is C16H24N4OS. The Morgan fingerprint density at radius 1 is 1.55 bits per heavy atom. The molecule has 3 rings (SSSR count). The van der Waals surface area contributed by atoms with Crippen LogP contribution in [0.1, 0.15) is 30.7 Å². The summed E-state index contributed by atoms with van der Waals surface area (Å²) in [6.45, 7) is 6.83. The maximum Gasteiger partial charge on any atom is 0.244 e. The molecule has 1 aliphatic heterocycles. The van der Waals surface area contributed by atoms with Gasteiger partial charge in [0.05, 0.1) is 0 Å². The zero-order valence-corrected chi connectivity index (χ0v) is 14.1. The summed E-state index contributed by atoms with van der Waals surface area (Å²) in [6, 6.07) is 2.64. The maximum atomic E-state index is 12.4. The quantitative estimate of drug-likeness (QED) is 0.654. The van der Waals surface area contributed by atoms with Crippen LogP contribution in [-0.4, -0.2) is 42.4 Å². The molecule has 0 aromatic carbocycles. The molecule has 2 aliphatic rings. The van der Waals surface area contributed by atoms with Gasteiger partial charge in [-0.15, -0.1) is 11.3 Å². The van der Waals surface area contributed by atoms with Gasteiger partial charge in [0, 0.05) is 30.6 Å². The molecule has 1 saturated carbocycles. The fourth-order valence-corrected chi connectivity index (χ4v) is 3.62. The molecule has 0 radical (unpaired) electrons. The number of nitrogens with one attached hydrogen (secondary N) is 2. The highest BCUT2D eigenvalue weighted by molar-refractivity contribution is 7.10. The second-order valence-corrected chi connectivity index (χ2v) is 7.09. The molecule has 1 amide bonds. The summed E-state index contributed by atoms with van der Waals surface area (Å²) in [5.74, 6) is 1.58. The number of amides is 1. The first-order valence-electron chi connectivity index (χ1n) is 8.05. The van der Waals surface area contributed by atoms with Crippen LogP contribution in [0, 0.1) is 5.92 Å². The van der Waals surface area contributed by atoms with E-state index in [2.05, 4.69) is 34.0 Å². The second kappa shape index (κ2) is 6.69. The molecule has 0 bridgehead atoms. The first-order chi connectivity index (χ1) is 10.7. The van der Waals surface area contributed by atoms with E-state index in [1.54, 1.807) is 11.3 Å². The minimum atomic E-state index is 0.109. The van der Waals surface area contributed by atoms with E-state index in [1.807, 2.05) is 11.8 Å². The minimum Gasteiger partial charge on any atom is -0.357 e. The minimum absolute atomic E-state index is 0.109. The number of fused-ring (bicyclic) bond motifs is 1. The van der Waals surface area contributed by atoms with Gasteiger partial charge in [-0.2, -0.15) is 0 Å². The smallest absolute Gasteiger partial charge is 0.244 e. The van der Waals surface area contributed by atoms with E-state index in [1.165, 1.54) is 16.9 Å². The van der Waals surface area contributed by atoms with Crippen LogP contribution in [-0.2, 0) is 17.8 Å². The standard InChI is InChI=1S/C16H24N4OS/c1-3-17-16(19-13-8-11(13)2)18-9-15(21)20-6-4-14-12(10-20)5-7-22-14/h5,7,11,13H,3-4,6,8-10H2,1-2H3,(H2,17,18,19). The Labute approximate surface area is 135 Å². The number of nitrogens with zero attached hydrogens (tertiary/aromatic N) is 2. The highest BCUT2D eigenvalue weighted by Crippen LogP contribution is 2.28. The summed E-state index contributed by atoms with van der Waals surface area (Å²) in [6.07, 6.45) is 2.16. The Morgan fingerprint density at radius 2 is 2.36 bits per heavy atom. The molecule has 1 aromatic heterocycles. The van der Waals surface area contributed by atoms with Gasteiger partial charge in [-0.1, -0.05) is 6.92 Å². The van der Waals surface area contributed by atoms with E-state index < -0.39 is 0 Å². The van der Waals surface area contributed by atoms with Crippen molar-refractivity contribution in [2.75, 3.05) is 19.6 Å². The lowest BCUT2D eigenvalue weighted by Gasteiger charge is -2.26. The number of rotatable bonds is 4. The fraction of sp³-hybridized carbons (Fsp3) is 0.625. The van der Waals surface area contributed by atoms with Crippen molar-refractivity contribution >= 4 is 23.2 Å². The average molecular weight is 320 g/mol. The number of hydrogen-bond acceptors (Lipinski definition) is 3. The van der Waals surface area contributed by atoms with Gasteiger partial charge >= 0.3 is 0 Å². The van der Waals surface area contributed by atoms with Crippen molar-refractivity contribution in [3.8, 4) is 0 Å². The Kier molecular flexibility index (Phi) is 4.66. The number of thiophene rings is 1. The molecule has 0 spiro atoms. The highest BCUT2D eigenvalue weighted by Gasteiger charge is 2.33. The first kappa shape index (κ1) is 15.3. The van der Waals surface area contributed by atoms with Gasteiger partial charge < -0.3 is 15.5 Å². The van der Waals surface area contributed by atoms with Gasteiger partial charge in [0.15, 0.2) is 5.96 Å². The fourth-order valence-electron chi connectivity index (χ4n) is 2.73. The second-order valence-electron chi connectivity index (χ2n) is 6.09. The summed E-state index contributed by atoms with van der Waals surface area (Å²) in [5.41, 5.74) is 1.30. The molecule has 22 heavy (non-hydrogen) atoms. The normalized spacial score (nSPS) is 23.9. The Bertz CT molecular complexity index is 568. The number of carbonyl (C=O) groups excluding carboxylic acids is 1. The molecule has 2 heterocycles. The Balaban J connectivity index is 1.55. The average Bonchev–Trinajstić information content (AvgIpc) is 3.02. The highest BCUT2D eigenvalue weighted by atomic mass is 32.1. The maximum absolute atomic E-state index is 12.4. The predicted molar refractivity (Wildman–Crippen MR) is 90.1 cm³/mol. The van der Waals surface area contributed by atoms with Crippen molar-refractivity contribution in [3.63, 3.8) is 0 Å². The zero-order valence-electron chi connectivity index (χ0n) is 13.3. The van der Waals surface area contributed by atoms with Crippen molar-refractivity contribution in [2.24, 2.45) is 10.9 Å². The van der Waals surface area contributed by atoms with Crippen LogP contribution in [0.4, 0.5) is 0 Å². The van der Waals surface area contributed by atoms with E-state index in [0.717, 1.165) is 32.0 Å². The zero-order chi connectivity index (χ0) is 15.5. The third kappa shape index (κ3) is 3.61. The summed E-state index contributed by atoms with van der Waals surface area (Å²) < 4.78 is 0. The van der Waals surface area contributed by atoms with Crippen LogP contribution in [0.25, 0.3) is 0 Å². The predicted octanol–water partition coefficient (Wildman–Crippen LogP) is 1.60. The molecule has 0 saturated heterocycles. The molecular weight excluding hydrogens is 296 g/mol. The van der Waals surface area contributed by atoms with Gasteiger partial charge in [-0.05, 0) is 42.7 Å². The van der Waals surface area contributed by atoms with Crippen molar-refractivity contribution < 1.29 is 4.79 Å². The van der Waals surface area contributed by atoms with E-state index in [9.17, 15) is 4.79 Å². The van der Waals surface area contributed by atoms with Crippen LogP contribution in [0.3, 0.4) is 0 Å². The molecule has 2 atom stereocenters. The summed E-state index contributed by atoms with van der Waals surface area (Å²) >= 11 is 1.79. The summed E-state index contributed by atoms with van der Waals surface area (Å²) in [5, 5.41) is 8.71. The number of aliphatic imine (C=N–C) groups is 1. The number of hydrogen-bond donors (Lipinski definition) is 2. The van der Waals surface area contributed by atoms with Gasteiger partial charge in [-0.3, -0.25) is 4.79 Å². The van der Waals surface area contributed by atoms with Crippen molar-refractivity contribution in [3.05, 3.63) is 21.9 Å². The Hall–Kier alpha value is -1.56. The summed E-state index contributed by atoms with van der Waals surface area (Å²) in [7, 11) is 0. The molecule has 6 heteroatoms. The lowest BCUT2D eigenvalue weighted by Crippen LogP contribution is -2.41. The molecule has 120 valence electrons. The molecule has 1 aliphatic carbocycles. The molecule has 2 unspecified atom stereocenters. The molecule has 1 aromatic rings. The van der Waals surface area contributed by atoms with E-state index >= 15 is 0 Å². The number of carbonyl (C=O) groups is 1. The van der Waals surface area contributed by atoms with Crippen molar-refractivity contribution in [1.29, 1.82) is 0 Å². The SMILES string of the molecule is CCNC(=NCC(=O)N1CCc2sccc2C1)NC1CC1C. The largest absolute Gasteiger partial charge is 0.357 e. The van der Waals surface area contributed by atoms with Crippen LogP contribution >= 0.6 is 11.3 Å². The van der Waals surface area contributed by atoms with Crippen molar-refractivity contribution in [2.45, 2.75) is 39.3 Å². The van der Waals surface area contributed by atoms with Gasteiger partial charge in [-0.25, -0.2) is 4.99 Å². The Morgan fingerprint density at radius 3 is 3.09 bits per heavy atom. The topological polar surface area (TPSA) is 56.7 Å². The first-order valence-corrected chi connectivity index (χ1v) is 8.93. The van der Waals surface area contributed by atoms with Crippen LogP contribution in [0.15, 0.2) is 16.4 Å². The lowest BCUT2D eigenvalue weighted by molar-refractivity contribution is -0.130. The monoisotopic (exact) mass is 320 g/mol. The molecule has 1 fully saturated rings. The van der Waals surface area contributed by atoms with E-state index in [-0.39, 0.29) is 12.5 Å². The van der Waals surface area contributed by atoms with Gasteiger partial charge in [0.25, 0.3) is 0 Å². The molecule has 5 nitrogen and oxygen atoms in total. The van der Waals surface area contributed by atoms with Gasteiger partial charge in [0.2, 0.25) is 5.91 Å². The third-order valence-electron chi connectivity index (χ3n) is 4.31. The van der Waals surface area contributed by atoms with Crippen LogP contribution in [0.5, 0.6) is 0 Å². The lowest BCUT2D eigenvalue weighted by atomic mass is 10.1. The van der Waals surface area contributed by atoms with Crippen LogP contribution in [0.2, 0.25) is 0 Å². The third-order valence-corrected chi connectivity index (χ3v) is 5.33. The summed E-state index contributed by atoms with van der Waals surface area (Å²) in [4.78, 5) is 20.2. The molecule has 2 N–H and O–H groups in total.